The summed E-state index contributed by atoms with van der Waals surface area (Å²) in [6.45, 7) is 13.2. The Morgan fingerprint density at radius 2 is 1.87 bits per heavy atom. The van der Waals surface area contributed by atoms with Crippen molar-refractivity contribution in [2.45, 2.75) is 58.8 Å². The highest BCUT2D eigenvalue weighted by Gasteiger charge is 2.39. The van der Waals surface area contributed by atoms with E-state index < -0.39 is 19.8 Å². The minimum Gasteiger partial charge on any atom is -0.543 e. The fourth-order valence-electron chi connectivity index (χ4n) is 5.58. The molecule has 2 aromatic carbocycles. The molecule has 1 aliphatic rings. The van der Waals surface area contributed by atoms with Gasteiger partial charge in [0, 0.05) is 37.2 Å². The lowest BCUT2D eigenvalue weighted by molar-refractivity contribution is -0.128. The number of nitrogens with two attached hydrogens (primary N) is 1. The Bertz CT molecular complexity index is 2100. The molecule has 0 fully saturated rings. The van der Waals surface area contributed by atoms with Crippen molar-refractivity contribution in [1.29, 1.82) is 0 Å². The lowest BCUT2D eigenvalue weighted by atomic mass is 9.94. The van der Waals surface area contributed by atoms with Crippen LogP contribution < -0.4 is 15.8 Å². The first-order valence-corrected chi connectivity index (χ1v) is 18.1. The molecule has 46 heavy (non-hydrogen) atoms. The molecule has 10 nitrogen and oxygen atoms in total. The fourth-order valence-corrected chi connectivity index (χ4v) is 6.59. The standard InChI is InChI=1S/C34H37FN6O4Si/c1-20(42)40-13-11-21(12-14-40)28-25-9-7-8-10-26(25)33(43)44-27(28)18-41-32-29(31(36)37-19-38-32)30(39-41)22-15-23(35)17-24(16-22)45-46(5,6)34(2,3)4/h7-11,15-17,19H,12-14,18H2,1-6H3,(H2,36,37,38). The maximum Gasteiger partial charge on any atom is 0.343 e. The molecule has 4 heterocycles. The Morgan fingerprint density at radius 3 is 2.54 bits per heavy atom. The second-order valence-corrected chi connectivity index (χ2v) is 17.9. The topological polar surface area (TPSA) is 129 Å². The number of benzene rings is 2. The molecule has 1 amide bonds. The minimum atomic E-state index is -2.28. The third kappa shape index (κ3) is 5.68. The molecule has 0 unspecified atom stereocenters. The SMILES string of the molecule is CC(=O)N1CC=C(c2c(Cn3nc(-c4cc(F)cc(O[Si](C)(C)C(C)(C)C)c4)c4c(N)ncnc43)oc(=O)c3ccccc23)CC1. The zero-order valence-corrected chi connectivity index (χ0v) is 27.8. The average molecular weight is 641 g/mol. The van der Waals surface area contributed by atoms with E-state index in [4.69, 9.17) is 19.7 Å². The molecule has 0 saturated heterocycles. The van der Waals surface area contributed by atoms with Gasteiger partial charge in [0.25, 0.3) is 0 Å². The molecule has 238 valence electrons. The smallest absolute Gasteiger partial charge is 0.343 e. The van der Waals surface area contributed by atoms with Crippen molar-refractivity contribution in [1.82, 2.24) is 24.6 Å². The first-order chi connectivity index (χ1) is 21.7. The van der Waals surface area contributed by atoms with Crippen molar-refractivity contribution in [2.24, 2.45) is 0 Å². The number of aromatic nitrogens is 4. The largest absolute Gasteiger partial charge is 0.543 e. The van der Waals surface area contributed by atoms with Crippen LogP contribution >= 0.6 is 0 Å². The van der Waals surface area contributed by atoms with Crippen LogP contribution in [-0.2, 0) is 11.3 Å². The number of fused-ring (bicyclic) bond motifs is 2. The van der Waals surface area contributed by atoms with E-state index in [0.717, 1.165) is 16.5 Å². The summed E-state index contributed by atoms with van der Waals surface area (Å²) in [5.41, 5.74) is 8.90. The first-order valence-electron chi connectivity index (χ1n) is 15.2. The lowest BCUT2D eigenvalue weighted by Crippen LogP contribution is -2.43. The Hall–Kier alpha value is -4.84. The fraction of sp³-hybridized carbons (Fsp3) is 0.324. The van der Waals surface area contributed by atoms with Gasteiger partial charge < -0.3 is 19.5 Å². The van der Waals surface area contributed by atoms with Crippen LogP contribution in [-0.4, -0.2) is 52.0 Å². The Morgan fingerprint density at radius 1 is 1.13 bits per heavy atom. The zero-order valence-electron chi connectivity index (χ0n) is 26.8. The molecular formula is C34H37FN6O4Si. The van der Waals surface area contributed by atoms with Gasteiger partial charge in [0.15, 0.2) is 5.65 Å². The summed E-state index contributed by atoms with van der Waals surface area (Å²) in [4.78, 5) is 35.7. The van der Waals surface area contributed by atoms with E-state index in [0.29, 0.717) is 58.7 Å². The zero-order chi connectivity index (χ0) is 33.0. The minimum absolute atomic E-state index is 0.00278. The van der Waals surface area contributed by atoms with Gasteiger partial charge in [0.05, 0.1) is 10.8 Å². The summed E-state index contributed by atoms with van der Waals surface area (Å²) in [5.74, 6) is 0.507. The molecule has 12 heteroatoms. The van der Waals surface area contributed by atoms with Gasteiger partial charge in [0.1, 0.15) is 41.7 Å². The van der Waals surface area contributed by atoms with E-state index in [9.17, 15) is 9.59 Å². The van der Waals surface area contributed by atoms with Crippen molar-refractivity contribution in [3.63, 3.8) is 0 Å². The number of carbonyl (C=O) groups excluding carboxylic acids is 1. The van der Waals surface area contributed by atoms with Crippen LogP contribution in [0.4, 0.5) is 10.2 Å². The van der Waals surface area contributed by atoms with E-state index in [1.807, 2.05) is 18.2 Å². The van der Waals surface area contributed by atoms with E-state index in [2.05, 4.69) is 43.8 Å². The molecular weight excluding hydrogens is 603 g/mol. The molecule has 0 aliphatic carbocycles. The number of hydrogen-bond donors (Lipinski definition) is 1. The molecule has 3 aromatic heterocycles. The molecule has 0 atom stereocenters. The molecule has 1 aliphatic heterocycles. The number of nitrogens with zero attached hydrogens (tertiary/aromatic N) is 5. The highest BCUT2D eigenvalue weighted by Crippen LogP contribution is 2.40. The van der Waals surface area contributed by atoms with Crippen LogP contribution in [0.2, 0.25) is 18.1 Å². The van der Waals surface area contributed by atoms with Gasteiger partial charge in [0.2, 0.25) is 14.2 Å². The predicted molar refractivity (Wildman–Crippen MR) is 179 cm³/mol. The van der Waals surface area contributed by atoms with Crippen molar-refractivity contribution in [2.75, 3.05) is 18.8 Å². The lowest BCUT2D eigenvalue weighted by Gasteiger charge is -2.36. The average Bonchev–Trinajstić information content (AvgIpc) is 3.36. The summed E-state index contributed by atoms with van der Waals surface area (Å²) < 4.78 is 29.1. The number of halogens is 1. The third-order valence-corrected chi connectivity index (χ3v) is 13.4. The second kappa shape index (κ2) is 11.5. The van der Waals surface area contributed by atoms with Crippen LogP contribution in [0.15, 0.2) is 64.1 Å². The third-order valence-electron chi connectivity index (χ3n) is 9.06. The van der Waals surface area contributed by atoms with E-state index >= 15 is 4.39 Å². The van der Waals surface area contributed by atoms with Gasteiger partial charge in [-0.25, -0.2) is 23.8 Å². The number of amides is 1. The first kappa shape index (κ1) is 31.2. The van der Waals surface area contributed by atoms with E-state index in [-0.39, 0.29) is 23.3 Å². The van der Waals surface area contributed by atoms with Crippen LogP contribution in [0, 0.1) is 5.82 Å². The van der Waals surface area contributed by atoms with Gasteiger partial charge in [-0.1, -0.05) is 45.0 Å². The molecule has 0 radical (unpaired) electrons. The molecule has 0 spiro atoms. The van der Waals surface area contributed by atoms with Crippen LogP contribution in [0.1, 0.15) is 45.4 Å². The van der Waals surface area contributed by atoms with Crippen molar-refractivity contribution >= 4 is 47.4 Å². The van der Waals surface area contributed by atoms with Gasteiger partial charge in [-0.15, -0.1) is 0 Å². The van der Waals surface area contributed by atoms with Gasteiger partial charge >= 0.3 is 5.63 Å². The number of hydrogen-bond acceptors (Lipinski definition) is 8. The van der Waals surface area contributed by atoms with Gasteiger partial charge in [-0.2, -0.15) is 5.10 Å². The number of nitrogen functional groups attached to an aromatic ring is 1. The van der Waals surface area contributed by atoms with Crippen molar-refractivity contribution in [3.05, 3.63) is 82.4 Å². The highest BCUT2D eigenvalue weighted by atomic mass is 28.4. The van der Waals surface area contributed by atoms with Gasteiger partial charge in [-0.3, -0.25) is 4.79 Å². The maximum atomic E-state index is 15.1. The molecule has 0 bridgehead atoms. The summed E-state index contributed by atoms with van der Waals surface area (Å²) in [6, 6.07) is 11.8. The van der Waals surface area contributed by atoms with Crippen LogP contribution in [0.25, 0.3) is 38.6 Å². The predicted octanol–water partition coefficient (Wildman–Crippen LogP) is 6.39. The van der Waals surface area contributed by atoms with Crippen LogP contribution in [0.5, 0.6) is 5.75 Å². The normalized spacial score (nSPS) is 14.2. The number of rotatable bonds is 6. The summed E-state index contributed by atoms with van der Waals surface area (Å²) in [7, 11) is -2.28. The van der Waals surface area contributed by atoms with Crippen molar-refractivity contribution < 1.29 is 18.0 Å². The molecule has 6 rings (SSSR count). The highest BCUT2D eigenvalue weighted by molar-refractivity contribution is 6.74. The monoisotopic (exact) mass is 640 g/mol. The second-order valence-electron chi connectivity index (χ2n) is 13.2. The quantitative estimate of drug-likeness (QED) is 0.212. The maximum absolute atomic E-state index is 15.1. The Labute approximate surface area is 266 Å². The molecule has 0 saturated carbocycles. The van der Waals surface area contributed by atoms with E-state index in [1.165, 1.54) is 18.5 Å². The Kier molecular flexibility index (Phi) is 7.79. The Balaban J connectivity index is 1.50. The van der Waals surface area contributed by atoms with Crippen LogP contribution in [0.3, 0.4) is 0 Å². The molecule has 5 aromatic rings. The summed E-state index contributed by atoms with van der Waals surface area (Å²) in [6.07, 6.45) is 3.93. The van der Waals surface area contributed by atoms with Crippen molar-refractivity contribution in [3.8, 4) is 17.0 Å². The number of anilines is 1. The number of carbonyl (C=O) groups is 1. The van der Waals surface area contributed by atoms with Gasteiger partial charge in [-0.05, 0) is 53.7 Å². The summed E-state index contributed by atoms with van der Waals surface area (Å²) >= 11 is 0. The van der Waals surface area contributed by atoms with E-state index in [1.54, 1.807) is 34.7 Å². The summed E-state index contributed by atoms with van der Waals surface area (Å²) in [5, 5.41) is 6.43. The molecule has 2 N–H and O–H groups in total.